The van der Waals surface area contributed by atoms with Crippen molar-refractivity contribution in [2.45, 2.75) is 44.3 Å². The van der Waals surface area contributed by atoms with Crippen LogP contribution in [0, 0.1) is 0 Å². The number of carboxylic acids is 2. The highest BCUT2D eigenvalue weighted by molar-refractivity contribution is 5.92. The van der Waals surface area contributed by atoms with Gasteiger partial charge in [0.25, 0.3) is 0 Å². The molecule has 0 aliphatic heterocycles. The first-order valence-corrected chi connectivity index (χ1v) is 7.79. The number of carbonyl (C=O) groups is 3. The van der Waals surface area contributed by atoms with Crippen molar-refractivity contribution < 1.29 is 37.8 Å². The van der Waals surface area contributed by atoms with Crippen molar-refractivity contribution in [2.75, 3.05) is 5.32 Å². The van der Waals surface area contributed by atoms with E-state index in [0.717, 1.165) is 24.3 Å². The fourth-order valence-electron chi connectivity index (χ4n) is 2.13. The van der Waals surface area contributed by atoms with Gasteiger partial charge in [0.1, 0.15) is 6.04 Å². The van der Waals surface area contributed by atoms with E-state index in [4.69, 9.17) is 10.2 Å². The molecule has 10 heteroatoms. The maximum atomic E-state index is 12.5. The Morgan fingerprint density at radius 2 is 1.62 bits per heavy atom. The van der Waals surface area contributed by atoms with E-state index in [1.807, 2.05) is 0 Å². The van der Waals surface area contributed by atoms with Gasteiger partial charge in [-0.05, 0) is 37.1 Å². The Morgan fingerprint density at radius 1 is 1.00 bits per heavy atom. The number of anilines is 1. The first kappa shape index (κ1) is 21.3. The molecule has 0 aliphatic carbocycles. The molecule has 1 aromatic carbocycles. The Kier molecular flexibility index (Phi) is 7.88. The lowest BCUT2D eigenvalue weighted by Gasteiger charge is -2.15. The van der Waals surface area contributed by atoms with Gasteiger partial charge in [-0.15, -0.1) is 0 Å². The number of aliphatic carboxylic acids is 2. The molecule has 0 spiro atoms. The summed E-state index contributed by atoms with van der Waals surface area (Å²) in [5.41, 5.74) is -0.783. The monoisotopic (exact) mass is 376 g/mol. The number of nitrogens with one attached hydrogen (secondary N) is 2. The van der Waals surface area contributed by atoms with E-state index < -0.39 is 35.8 Å². The molecule has 0 bridgehead atoms. The van der Waals surface area contributed by atoms with Crippen molar-refractivity contribution in [3.63, 3.8) is 0 Å². The molecule has 4 N–H and O–H groups in total. The van der Waals surface area contributed by atoms with E-state index in [-0.39, 0.29) is 18.5 Å². The van der Waals surface area contributed by atoms with Crippen molar-refractivity contribution in [3.05, 3.63) is 29.8 Å². The first-order chi connectivity index (χ1) is 12.1. The van der Waals surface area contributed by atoms with Crippen LogP contribution in [-0.2, 0) is 15.8 Å². The molecular weight excluding hydrogens is 357 g/mol. The summed E-state index contributed by atoms with van der Waals surface area (Å²) >= 11 is 0. The van der Waals surface area contributed by atoms with E-state index in [2.05, 4.69) is 10.6 Å². The summed E-state index contributed by atoms with van der Waals surface area (Å²) in [6.07, 6.45) is -3.09. The molecule has 7 nitrogen and oxygen atoms in total. The third-order valence-electron chi connectivity index (χ3n) is 3.46. The molecule has 1 aromatic rings. The van der Waals surface area contributed by atoms with E-state index in [1.165, 1.54) is 0 Å². The summed E-state index contributed by atoms with van der Waals surface area (Å²) in [7, 11) is 0. The van der Waals surface area contributed by atoms with Crippen molar-refractivity contribution in [1.29, 1.82) is 0 Å². The molecule has 1 unspecified atom stereocenters. The number of halogens is 3. The second-order valence-corrected chi connectivity index (χ2v) is 5.56. The summed E-state index contributed by atoms with van der Waals surface area (Å²) < 4.78 is 37.4. The van der Waals surface area contributed by atoms with Crippen LogP contribution in [0.2, 0.25) is 0 Å². The zero-order valence-corrected chi connectivity index (χ0v) is 13.7. The molecule has 0 fully saturated rings. The third kappa shape index (κ3) is 7.86. The largest absolute Gasteiger partial charge is 0.481 e. The number of benzene rings is 1. The third-order valence-corrected chi connectivity index (χ3v) is 3.46. The van der Waals surface area contributed by atoms with Gasteiger partial charge < -0.3 is 20.8 Å². The topological polar surface area (TPSA) is 116 Å². The Bertz CT molecular complexity index is 632. The van der Waals surface area contributed by atoms with Crippen molar-refractivity contribution in [2.24, 2.45) is 0 Å². The minimum Gasteiger partial charge on any atom is -0.481 e. The Morgan fingerprint density at radius 3 is 2.12 bits per heavy atom. The number of rotatable bonds is 9. The lowest BCUT2D eigenvalue weighted by Crippen LogP contribution is -2.43. The molecule has 0 aromatic heterocycles. The zero-order valence-electron chi connectivity index (χ0n) is 13.7. The Hall–Kier alpha value is -2.78. The van der Waals surface area contributed by atoms with Gasteiger partial charge in [0.05, 0.1) is 5.56 Å². The number of hydrogen-bond acceptors (Lipinski definition) is 3. The average molecular weight is 376 g/mol. The minimum absolute atomic E-state index is 0.0143. The van der Waals surface area contributed by atoms with E-state index in [9.17, 15) is 27.6 Å². The molecule has 0 aliphatic rings. The highest BCUT2D eigenvalue weighted by Crippen LogP contribution is 2.29. The van der Waals surface area contributed by atoms with Crippen LogP contribution < -0.4 is 10.6 Å². The van der Waals surface area contributed by atoms with Crippen LogP contribution in [0.4, 0.5) is 23.7 Å². The molecule has 1 atom stereocenters. The number of unbranched alkanes of at least 4 members (excludes halogenated alkanes) is 2. The highest BCUT2D eigenvalue weighted by Gasteiger charge is 2.30. The number of amides is 2. The van der Waals surface area contributed by atoms with Crippen LogP contribution >= 0.6 is 0 Å². The lowest BCUT2D eigenvalue weighted by atomic mass is 10.1. The van der Waals surface area contributed by atoms with Crippen LogP contribution in [0.5, 0.6) is 0 Å². The Labute approximate surface area is 147 Å². The van der Waals surface area contributed by atoms with E-state index in [1.54, 1.807) is 0 Å². The SMILES string of the molecule is O=C(O)CCCCCC(NC(=O)Nc1ccc(C(F)(F)F)cc1)C(=O)O. The van der Waals surface area contributed by atoms with Gasteiger partial charge >= 0.3 is 24.1 Å². The van der Waals surface area contributed by atoms with Gasteiger partial charge in [0, 0.05) is 12.1 Å². The van der Waals surface area contributed by atoms with Gasteiger partial charge in [-0.2, -0.15) is 13.2 Å². The molecule has 0 saturated carbocycles. The van der Waals surface area contributed by atoms with Crippen LogP contribution in [0.25, 0.3) is 0 Å². The number of hydrogen-bond donors (Lipinski definition) is 4. The molecule has 2 amide bonds. The average Bonchev–Trinajstić information content (AvgIpc) is 2.52. The zero-order chi connectivity index (χ0) is 19.7. The van der Waals surface area contributed by atoms with E-state index >= 15 is 0 Å². The maximum Gasteiger partial charge on any atom is 0.416 e. The van der Waals surface area contributed by atoms with Gasteiger partial charge in [0.2, 0.25) is 0 Å². The fraction of sp³-hybridized carbons (Fsp3) is 0.438. The predicted molar refractivity (Wildman–Crippen MR) is 85.7 cm³/mol. The van der Waals surface area contributed by atoms with E-state index in [0.29, 0.717) is 19.3 Å². The summed E-state index contributed by atoms with van der Waals surface area (Å²) in [6.45, 7) is 0. The minimum atomic E-state index is -4.49. The van der Waals surface area contributed by atoms with Crippen molar-refractivity contribution in [3.8, 4) is 0 Å². The maximum absolute atomic E-state index is 12.5. The number of alkyl halides is 3. The number of carboxylic acid groups (broad SMARTS) is 2. The summed E-state index contributed by atoms with van der Waals surface area (Å²) in [5.74, 6) is -2.19. The molecule has 0 radical (unpaired) electrons. The van der Waals surface area contributed by atoms with Crippen LogP contribution in [0.15, 0.2) is 24.3 Å². The molecule has 1 rings (SSSR count). The van der Waals surface area contributed by atoms with Gasteiger partial charge in [-0.25, -0.2) is 9.59 Å². The molecule has 144 valence electrons. The highest BCUT2D eigenvalue weighted by atomic mass is 19.4. The molecule has 0 heterocycles. The number of urea groups is 1. The van der Waals surface area contributed by atoms with Gasteiger partial charge in [-0.3, -0.25) is 4.79 Å². The van der Waals surface area contributed by atoms with Crippen molar-refractivity contribution in [1.82, 2.24) is 5.32 Å². The molecule has 26 heavy (non-hydrogen) atoms. The fourth-order valence-corrected chi connectivity index (χ4v) is 2.13. The lowest BCUT2D eigenvalue weighted by molar-refractivity contribution is -0.140. The molecule has 0 saturated heterocycles. The number of carbonyl (C=O) groups excluding carboxylic acids is 1. The Balaban J connectivity index is 2.49. The van der Waals surface area contributed by atoms with Gasteiger partial charge in [0.15, 0.2) is 0 Å². The summed E-state index contributed by atoms with van der Waals surface area (Å²) in [5, 5.41) is 22.1. The smallest absolute Gasteiger partial charge is 0.416 e. The second kappa shape index (κ2) is 9.64. The quantitative estimate of drug-likeness (QED) is 0.494. The normalized spacial score (nSPS) is 12.3. The summed E-state index contributed by atoms with van der Waals surface area (Å²) in [6, 6.07) is 1.67. The second-order valence-electron chi connectivity index (χ2n) is 5.56. The van der Waals surface area contributed by atoms with Crippen LogP contribution in [0.1, 0.15) is 37.7 Å². The predicted octanol–water partition coefficient (Wildman–Crippen LogP) is 3.32. The molecular formula is C16H19F3N2O5. The van der Waals surface area contributed by atoms with Crippen molar-refractivity contribution >= 4 is 23.7 Å². The standard InChI is InChI=1S/C16H19F3N2O5/c17-16(18,19)10-6-8-11(9-7-10)20-15(26)21-12(14(24)25)4-2-1-3-5-13(22)23/h6-9,12H,1-5H2,(H,22,23)(H,24,25)(H2,20,21,26). The summed E-state index contributed by atoms with van der Waals surface area (Å²) in [4.78, 5) is 33.3. The first-order valence-electron chi connectivity index (χ1n) is 7.79. The van der Waals surface area contributed by atoms with Gasteiger partial charge in [-0.1, -0.05) is 12.8 Å². The van der Waals surface area contributed by atoms with Crippen LogP contribution in [0.3, 0.4) is 0 Å². The van der Waals surface area contributed by atoms with Crippen LogP contribution in [-0.4, -0.2) is 34.2 Å².